The summed E-state index contributed by atoms with van der Waals surface area (Å²) in [5.41, 5.74) is 4.03. The fourth-order valence-corrected chi connectivity index (χ4v) is 2.83. The lowest BCUT2D eigenvalue weighted by Gasteiger charge is -2.19. The number of benzene rings is 2. The number of carbonyl (C=O) groups excluding carboxylic acids is 2. The molecule has 27 heavy (non-hydrogen) atoms. The van der Waals surface area contributed by atoms with Crippen LogP contribution in [0.3, 0.4) is 0 Å². The lowest BCUT2D eigenvalue weighted by molar-refractivity contribution is -0.143. The summed E-state index contributed by atoms with van der Waals surface area (Å²) >= 11 is 0. The van der Waals surface area contributed by atoms with Crippen LogP contribution in [0.2, 0.25) is 0 Å². The molecule has 0 spiro atoms. The van der Waals surface area contributed by atoms with Crippen LogP contribution in [-0.4, -0.2) is 25.2 Å². The zero-order chi connectivity index (χ0) is 19.8. The van der Waals surface area contributed by atoms with Gasteiger partial charge in [0.15, 0.2) is 0 Å². The van der Waals surface area contributed by atoms with Crippen LogP contribution in [-0.2, 0) is 27.3 Å². The number of aryl methyl sites for hydroxylation is 2. The largest absolute Gasteiger partial charge is 0.467 e. The van der Waals surface area contributed by atoms with Crippen molar-refractivity contribution >= 4 is 12.1 Å². The average Bonchev–Trinajstić information content (AvgIpc) is 2.68. The van der Waals surface area contributed by atoms with Gasteiger partial charge in [0.1, 0.15) is 12.6 Å². The summed E-state index contributed by atoms with van der Waals surface area (Å²) in [5.74, 6) is -0.560. The van der Waals surface area contributed by atoms with E-state index in [0.29, 0.717) is 5.56 Å². The van der Waals surface area contributed by atoms with E-state index in [9.17, 15) is 9.59 Å². The molecule has 6 heteroatoms. The van der Waals surface area contributed by atoms with Crippen LogP contribution < -0.4 is 5.32 Å². The first-order chi connectivity index (χ1) is 12.9. The van der Waals surface area contributed by atoms with Crippen LogP contribution in [0.4, 0.5) is 4.79 Å². The highest BCUT2D eigenvalue weighted by Crippen LogP contribution is 2.19. The van der Waals surface area contributed by atoms with Crippen LogP contribution in [0, 0.1) is 25.2 Å². The second-order valence-electron chi connectivity index (χ2n) is 6.19. The number of amides is 1. The van der Waals surface area contributed by atoms with Gasteiger partial charge in [0.2, 0.25) is 0 Å². The molecule has 0 heterocycles. The SMILES string of the molecule is COC(=O)C(Cc1c(C)cc(C#N)cc1C)NC(=O)OCc1ccccc1. The Hall–Kier alpha value is -3.33. The first-order valence-electron chi connectivity index (χ1n) is 8.50. The van der Waals surface area contributed by atoms with Crippen molar-refractivity contribution in [3.63, 3.8) is 0 Å². The molecule has 0 bridgehead atoms. The van der Waals surface area contributed by atoms with Crippen LogP contribution in [0.15, 0.2) is 42.5 Å². The molecular formula is C21H22N2O4. The molecule has 0 radical (unpaired) electrons. The number of hydrogen-bond acceptors (Lipinski definition) is 5. The van der Waals surface area contributed by atoms with E-state index in [1.807, 2.05) is 44.2 Å². The summed E-state index contributed by atoms with van der Waals surface area (Å²) in [5, 5.41) is 11.6. The van der Waals surface area contributed by atoms with Crippen molar-refractivity contribution in [1.29, 1.82) is 5.26 Å². The van der Waals surface area contributed by atoms with Gasteiger partial charge in [-0.3, -0.25) is 0 Å². The van der Waals surface area contributed by atoms with Gasteiger partial charge in [0.05, 0.1) is 18.7 Å². The Morgan fingerprint density at radius 3 is 2.33 bits per heavy atom. The van der Waals surface area contributed by atoms with Gasteiger partial charge in [-0.05, 0) is 48.2 Å². The van der Waals surface area contributed by atoms with Crippen LogP contribution in [0.25, 0.3) is 0 Å². The second kappa shape index (κ2) is 9.39. The molecule has 0 saturated carbocycles. The third-order valence-electron chi connectivity index (χ3n) is 4.22. The summed E-state index contributed by atoms with van der Waals surface area (Å²) in [4.78, 5) is 24.3. The van der Waals surface area contributed by atoms with Gasteiger partial charge in [0.25, 0.3) is 0 Å². The molecule has 0 aliphatic rings. The maximum Gasteiger partial charge on any atom is 0.408 e. The molecule has 140 valence electrons. The smallest absolute Gasteiger partial charge is 0.408 e. The van der Waals surface area contributed by atoms with Crippen LogP contribution in [0.1, 0.15) is 27.8 Å². The Labute approximate surface area is 158 Å². The monoisotopic (exact) mass is 366 g/mol. The van der Waals surface area contributed by atoms with Gasteiger partial charge in [-0.1, -0.05) is 30.3 Å². The number of rotatable bonds is 6. The lowest BCUT2D eigenvalue weighted by atomic mass is 9.94. The second-order valence-corrected chi connectivity index (χ2v) is 6.19. The molecule has 6 nitrogen and oxygen atoms in total. The molecule has 2 aromatic rings. The zero-order valence-corrected chi connectivity index (χ0v) is 15.6. The van der Waals surface area contributed by atoms with E-state index in [1.165, 1.54) is 7.11 Å². The lowest BCUT2D eigenvalue weighted by Crippen LogP contribution is -2.43. The Bertz CT molecular complexity index is 833. The number of methoxy groups -OCH3 is 1. The molecule has 1 atom stereocenters. The average molecular weight is 366 g/mol. The number of alkyl carbamates (subject to hydrolysis) is 1. The number of hydrogen-bond donors (Lipinski definition) is 1. The van der Waals surface area contributed by atoms with E-state index >= 15 is 0 Å². The standard InChI is InChI=1S/C21H22N2O4/c1-14-9-17(12-22)10-15(2)18(14)11-19(20(24)26-3)23-21(25)27-13-16-7-5-4-6-8-16/h4-10,19H,11,13H2,1-3H3,(H,23,25). The van der Waals surface area contributed by atoms with Crippen LogP contribution in [0.5, 0.6) is 0 Å². The minimum absolute atomic E-state index is 0.107. The number of nitriles is 1. The predicted molar refractivity (Wildman–Crippen MR) is 99.9 cm³/mol. The highest BCUT2D eigenvalue weighted by Gasteiger charge is 2.24. The topological polar surface area (TPSA) is 88.4 Å². The minimum Gasteiger partial charge on any atom is -0.467 e. The molecule has 0 aliphatic heterocycles. The molecule has 0 saturated heterocycles. The molecule has 2 aromatic carbocycles. The summed E-state index contributed by atoms with van der Waals surface area (Å²) in [6.07, 6.45) is -0.450. The van der Waals surface area contributed by atoms with E-state index in [-0.39, 0.29) is 13.0 Å². The molecule has 1 unspecified atom stereocenters. The maximum atomic E-state index is 12.1. The number of carbonyl (C=O) groups is 2. The molecule has 0 fully saturated rings. The Morgan fingerprint density at radius 1 is 1.15 bits per heavy atom. The van der Waals surface area contributed by atoms with Crippen molar-refractivity contribution in [1.82, 2.24) is 5.32 Å². The van der Waals surface area contributed by atoms with Crippen molar-refractivity contribution < 1.29 is 19.1 Å². The minimum atomic E-state index is -0.886. The normalized spacial score (nSPS) is 11.2. The number of esters is 1. The number of nitrogens with zero attached hydrogens (tertiary/aromatic N) is 1. The quantitative estimate of drug-likeness (QED) is 0.793. The van der Waals surface area contributed by atoms with Gasteiger partial charge >= 0.3 is 12.1 Å². The fourth-order valence-electron chi connectivity index (χ4n) is 2.83. The van der Waals surface area contributed by atoms with Gasteiger partial charge in [-0.25, -0.2) is 9.59 Å². The first-order valence-corrected chi connectivity index (χ1v) is 8.50. The van der Waals surface area contributed by atoms with Crippen molar-refractivity contribution in [2.24, 2.45) is 0 Å². The fraction of sp³-hybridized carbons (Fsp3) is 0.286. The van der Waals surface area contributed by atoms with Crippen LogP contribution >= 0.6 is 0 Å². The van der Waals surface area contributed by atoms with Gasteiger partial charge in [-0.2, -0.15) is 5.26 Å². The van der Waals surface area contributed by atoms with Crippen molar-refractivity contribution in [3.05, 3.63) is 70.3 Å². The zero-order valence-electron chi connectivity index (χ0n) is 15.6. The molecule has 0 aliphatic carbocycles. The third kappa shape index (κ3) is 5.58. The molecular weight excluding hydrogens is 344 g/mol. The molecule has 1 amide bonds. The van der Waals surface area contributed by atoms with E-state index in [4.69, 9.17) is 14.7 Å². The van der Waals surface area contributed by atoms with Gasteiger partial charge in [-0.15, -0.1) is 0 Å². The first kappa shape index (κ1) is 20.0. The van der Waals surface area contributed by atoms with Crippen molar-refractivity contribution in [2.75, 3.05) is 7.11 Å². The number of nitrogens with one attached hydrogen (secondary N) is 1. The van der Waals surface area contributed by atoms with Crippen molar-refractivity contribution in [2.45, 2.75) is 32.9 Å². The summed E-state index contributed by atoms with van der Waals surface area (Å²) in [7, 11) is 1.27. The Balaban J connectivity index is 2.08. The highest BCUT2D eigenvalue weighted by atomic mass is 16.6. The summed E-state index contributed by atoms with van der Waals surface area (Å²) in [6.45, 7) is 3.84. The van der Waals surface area contributed by atoms with E-state index < -0.39 is 18.1 Å². The summed E-state index contributed by atoms with van der Waals surface area (Å²) in [6, 6.07) is 14.0. The van der Waals surface area contributed by atoms with E-state index in [1.54, 1.807) is 12.1 Å². The van der Waals surface area contributed by atoms with E-state index in [2.05, 4.69) is 11.4 Å². The van der Waals surface area contributed by atoms with E-state index in [0.717, 1.165) is 22.3 Å². The predicted octanol–water partition coefficient (Wildman–Crippen LogP) is 3.19. The van der Waals surface area contributed by atoms with Crippen molar-refractivity contribution in [3.8, 4) is 6.07 Å². The van der Waals surface area contributed by atoms with Gasteiger partial charge in [0, 0.05) is 6.42 Å². The third-order valence-corrected chi connectivity index (χ3v) is 4.22. The Kier molecular flexibility index (Phi) is 6.95. The molecule has 1 N–H and O–H groups in total. The molecule has 0 aromatic heterocycles. The molecule has 2 rings (SSSR count). The summed E-state index contributed by atoms with van der Waals surface area (Å²) < 4.78 is 10.00. The maximum absolute atomic E-state index is 12.1. The van der Waals surface area contributed by atoms with Gasteiger partial charge < -0.3 is 14.8 Å². The number of ether oxygens (including phenoxy) is 2. The Morgan fingerprint density at radius 2 is 1.78 bits per heavy atom. The highest BCUT2D eigenvalue weighted by molar-refractivity contribution is 5.81.